The van der Waals surface area contributed by atoms with Crippen LogP contribution >= 0.6 is 0 Å². The van der Waals surface area contributed by atoms with E-state index in [1.165, 1.54) is 45.6 Å². The molecule has 3 rings (SSSR count). The van der Waals surface area contributed by atoms with Gasteiger partial charge in [-0.25, -0.2) is 4.79 Å². The van der Waals surface area contributed by atoms with Crippen LogP contribution in [-0.4, -0.2) is 44.0 Å². The molecule has 25 heavy (non-hydrogen) atoms. The number of carbonyl (C=O) groups is 3. The van der Waals surface area contributed by atoms with E-state index in [0.717, 1.165) is 0 Å². The Kier molecular flexibility index (Phi) is 3.92. The minimum absolute atomic E-state index is 0.0217. The third-order valence-electron chi connectivity index (χ3n) is 4.04. The van der Waals surface area contributed by atoms with Gasteiger partial charge >= 0.3 is 5.97 Å². The molecule has 0 unspecified atom stereocenters. The summed E-state index contributed by atoms with van der Waals surface area (Å²) < 4.78 is 15.5. The van der Waals surface area contributed by atoms with Crippen molar-refractivity contribution in [3.05, 3.63) is 52.1 Å². The maximum Gasteiger partial charge on any atom is 0.335 e. The Morgan fingerprint density at radius 3 is 1.88 bits per heavy atom. The molecule has 0 radical (unpaired) electrons. The fourth-order valence-electron chi connectivity index (χ4n) is 2.87. The van der Waals surface area contributed by atoms with Crippen molar-refractivity contribution in [2.24, 2.45) is 0 Å². The number of rotatable bonds is 4. The molecule has 0 heterocycles. The third-order valence-corrected chi connectivity index (χ3v) is 4.04. The first-order valence-electron chi connectivity index (χ1n) is 7.23. The van der Waals surface area contributed by atoms with Crippen molar-refractivity contribution in [3.8, 4) is 17.2 Å². The fraction of sp³-hybridized carbons (Fsp3) is 0.167. The molecule has 0 bridgehead atoms. The van der Waals surface area contributed by atoms with Crippen LogP contribution in [0.25, 0.3) is 0 Å². The van der Waals surface area contributed by atoms with E-state index in [9.17, 15) is 19.5 Å². The Balaban J connectivity index is 2.35. The number of fused-ring (bicyclic) bond motifs is 2. The summed E-state index contributed by atoms with van der Waals surface area (Å²) in [5, 5.41) is 9.23. The molecule has 0 fully saturated rings. The van der Waals surface area contributed by atoms with Crippen LogP contribution in [0.15, 0.2) is 24.3 Å². The summed E-state index contributed by atoms with van der Waals surface area (Å²) in [6, 6.07) is 5.33. The van der Waals surface area contributed by atoms with Crippen LogP contribution in [0.2, 0.25) is 0 Å². The number of hydrogen-bond donors (Lipinski definition) is 1. The molecule has 0 atom stereocenters. The number of ketones is 2. The molecule has 1 aliphatic carbocycles. The summed E-state index contributed by atoms with van der Waals surface area (Å²) >= 11 is 0. The second kappa shape index (κ2) is 5.94. The maximum atomic E-state index is 13.0. The SMILES string of the molecule is COc1cc(OC)c2c(c1)C(=O)c1cc(C(=O)O)cc(OC)c1C2=O. The number of carbonyl (C=O) groups excluding carboxylic acids is 2. The predicted octanol–water partition coefficient (Wildman–Crippen LogP) is 2.19. The Morgan fingerprint density at radius 1 is 0.800 bits per heavy atom. The van der Waals surface area contributed by atoms with Crippen LogP contribution in [0.4, 0.5) is 0 Å². The molecule has 128 valence electrons. The van der Waals surface area contributed by atoms with Crippen molar-refractivity contribution >= 4 is 17.5 Å². The maximum absolute atomic E-state index is 13.0. The van der Waals surface area contributed by atoms with Crippen molar-refractivity contribution in [2.45, 2.75) is 0 Å². The van der Waals surface area contributed by atoms with Crippen molar-refractivity contribution in [2.75, 3.05) is 21.3 Å². The van der Waals surface area contributed by atoms with Crippen LogP contribution in [0.1, 0.15) is 42.2 Å². The lowest BCUT2D eigenvalue weighted by Gasteiger charge is -2.22. The van der Waals surface area contributed by atoms with Gasteiger partial charge < -0.3 is 19.3 Å². The zero-order valence-electron chi connectivity index (χ0n) is 13.7. The smallest absolute Gasteiger partial charge is 0.335 e. The molecule has 0 aliphatic heterocycles. The normalized spacial score (nSPS) is 12.3. The molecule has 0 spiro atoms. The molecule has 7 heteroatoms. The quantitative estimate of drug-likeness (QED) is 0.776. The average Bonchev–Trinajstić information content (AvgIpc) is 2.63. The molecule has 2 aromatic rings. The van der Waals surface area contributed by atoms with E-state index >= 15 is 0 Å². The van der Waals surface area contributed by atoms with Gasteiger partial charge in [-0.3, -0.25) is 9.59 Å². The van der Waals surface area contributed by atoms with Gasteiger partial charge in [-0.05, 0) is 18.2 Å². The first-order valence-corrected chi connectivity index (χ1v) is 7.23. The summed E-state index contributed by atoms with van der Waals surface area (Å²) in [6.45, 7) is 0. The molecule has 0 saturated carbocycles. The van der Waals surface area contributed by atoms with Gasteiger partial charge in [0.25, 0.3) is 0 Å². The lowest BCUT2D eigenvalue weighted by Crippen LogP contribution is -2.23. The minimum atomic E-state index is -1.23. The van der Waals surface area contributed by atoms with Gasteiger partial charge in [-0.1, -0.05) is 0 Å². The first kappa shape index (κ1) is 16.5. The average molecular weight is 342 g/mol. The van der Waals surface area contributed by atoms with Crippen LogP contribution in [-0.2, 0) is 0 Å². The highest BCUT2D eigenvalue weighted by Gasteiger charge is 2.36. The molecule has 2 aromatic carbocycles. The van der Waals surface area contributed by atoms with E-state index in [-0.39, 0.29) is 39.3 Å². The highest BCUT2D eigenvalue weighted by Crippen LogP contribution is 2.40. The number of carboxylic acid groups (broad SMARTS) is 1. The van der Waals surface area contributed by atoms with Crippen LogP contribution in [0, 0.1) is 0 Å². The Hall–Kier alpha value is -3.35. The van der Waals surface area contributed by atoms with Crippen molar-refractivity contribution in [1.29, 1.82) is 0 Å². The van der Waals surface area contributed by atoms with E-state index in [4.69, 9.17) is 14.2 Å². The van der Waals surface area contributed by atoms with Gasteiger partial charge in [0.1, 0.15) is 17.2 Å². The summed E-state index contributed by atoms with van der Waals surface area (Å²) in [6.07, 6.45) is 0. The molecule has 1 aliphatic rings. The molecular weight excluding hydrogens is 328 g/mol. The highest BCUT2D eigenvalue weighted by atomic mass is 16.5. The van der Waals surface area contributed by atoms with E-state index < -0.39 is 17.5 Å². The van der Waals surface area contributed by atoms with Gasteiger partial charge in [-0.15, -0.1) is 0 Å². The topological polar surface area (TPSA) is 99.1 Å². The third kappa shape index (κ3) is 2.40. The lowest BCUT2D eigenvalue weighted by atomic mass is 9.82. The number of carboxylic acids is 1. The largest absolute Gasteiger partial charge is 0.497 e. The van der Waals surface area contributed by atoms with Crippen LogP contribution in [0.3, 0.4) is 0 Å². The highest BCUT2D eigenvalue weighted by molar-refractivity contribution is 6.30. The summed E-state index contributed by atoms with van der Waals surface area (Å²) in [4.78, 5) is 37.2. The van der Waals surface area contributed by atoms with Crippen molar-refractivity contribution in [1.82, 2.24) is 0 Å². The van der Waals surface area contributed by atoms with Gasteiger partial charge in [0, 0.05) is 17.2 Å². The molecular formula is C18H14O7. The zero-order valence-corrected chi connectivity index (χ0v) is 13.7. The Labute approximate surface area is 142 Å². The van der Waals surface area contributed by atoms with Crippen molar-refractivity contribution < 1.29 is 33.7 Å². The number of benzene rings is 2. The van der Waals surface area contributed by atoms with Gasteiger partial charge in [0.2, 0.25) is 5.78 Å². The number of hydrogen-bond acceptors (Lipinski definition) is 6. The summed E-state index contributed by atoms with van der Waals surface area (Å²) in [7, 11) is 4.11. The standard InChI is InChI=1S/C18H14O7/c1-23-9-6-11-15(13(7-9)25-3)17(20)14-10(16(11)19)4-8(18(21)22)5-12(14)24-2/h4-7H,1-3H3,(H,21,22). The number of ether oxygens (including phenoxy) is 3. The van der Waals surface area contributed by atoms with Crippen LogP contribution < -0.4 is 14.2 Å². The fourth-order valence-corrected chi connectivity index (χ4v) is 2.87. The molecule has 0 saturated heterocycles. The summed E-state index contributed by atoms with van der Waals surface area (Å²) in [5.41, 5.74) is 0.0496. The van der Waals surface area contributed by atoms with Gasteiger partial charge in [0.05, 0.1) is 38.0 Å². The van der Waals surface area contributed by atoms with Gasteiger partial charge in [-0.2, -0.15) is 0 Å². The molecule has 7 nitrogen and oxygen atoms in total. The monoisotopic (exact) mass is 342 g/mol. The zero-order chi connectivity index (χ0) is 18.3. The van der Waals surface area contributed by atoms with Crippen molar-refractivity contribution in [3.63, 3.8) is 0 Å². The van der Waals surface area contributed by atoms with E-state index in [1.54, 1.807) is 0 Å². The Bertz CT molecular complexity index is 928. The second-order valence-corrected chi connectivity index (χ2v) is 5.32. The molecule has 0 aromatic heterocycles. The van der Waals surface area contributed by atoms with Gasteiger partial charge in [0.15, 0.2) is 5.78 Å². The number of aromatic carboxylic acids is 1. The van der Waals surface area contributed by atoms with E-state index in [2.05, 4.69) is 0 Å². The van der Waals surface area contributed by atoms with Crippen LogP contribution in [0.5, 0.6) is 17.2 Å². The Morgan fingerprint density at radius 2 is 1.36 bits per heavy atom. The predicted molar refractivity (Wildman–Crippen MR) is 86.4 cm³/mol. The molecule has 1 N–H and O–H groups in total. The first-order chi connectivity index (χ1) is 11.9. The number of methoxy groups -OCH3 is 3. The van der Waals surface area contributed by atoms with E-state index in [1.807, 2.05) is 0 Å². The molecule has 0 amide bonds. The minimum Gasteiger partial charge on any atom is -0.497 e. The second-order valence-electron chi connectivity index (χ2n) is 5.32. The summed E-state index contributed by atoms with van der Waals surface area (Å²) in [5.74, 6) is -1.63. The van der Waals surface area contributed by atoms with E-state index in [0.29, 0.717) is 5.75 Å². The lowest BCUT2D eigenvalue weighted by molar-refractivity contribution is 0.0696.